The molecule has 0 unspecified atom stereocenters. The van der Waals surface area contributed by atoms with E-state index in [0.29, 0.717) is 15.7 Å². The second kappa shape index (κ2) is 5.19. The predicted molar refractivity (Wildman–Crippen MR) is 66.2 cm³/mol. The molecule has 2 aromatic rings. The van der Waals surface area contributed by atoms with Gasteiger partial charge in [0.1, 0.15) is 11.7 Å². The second-order valence-electron chi connectivity index (χ2n) is 3.71. The van der Waals surface area contributed by atoms with Crippen LogP contribution >= 0.6 is 23.2 Å². The Balaban J connectivity index is 2.35. The summed E-state index contributed by atoms with van der Waals surface area (Å²) >= 11 is 11.7. The molecule has 2 heterocycles. The molecule has 0 spiro atoms. The Morgan fingerprint density at radius 1 is 1.44 bits per heavy atom. The summed E-state index contributed by atoms with van der Waals surface area (Å²) in [5.74, 6) is 0.315. The van der Waals surface area contributed by atoms with Gasteiger partial charge in [-0.3, -0.25) is 0 Å². The van der Waals surface area contributed by atoms with Crippen molar-refractivity contribution in [2.45, 2.75) is 19.1 Å². The van der Waals surface area contributed by atoms with Gasteiger partial charge in [-0.2, -0.15) is 4.98 Å². The van der Waals surface area contributed by atoms with Crippen LogP contribution in [0.3, 0.4) is 0 Å². The molecule has 0 saturated carbocycles. The quantitative estimate of drug-likeness (QED) is 0.894. The van der Waals surface area contributed by atoms with Crippen molar-refractivity contribution >= 4 is 23.2 Å². The van der Waals surface area contributed by atoms with Crippen molar-refractivity contribution in [1.82, 2.24) is 15.1 Å². The lowest BCUT2D eigenvalue weighted by molar-refractivity contribution is 0.146. The van der Waals surface area contributed by atoms with Crippen LogP contribution in [-0.2, 0) is 0 Å². The van der Waals surface area contributed by atoms with E-state index in [1.54, 1.807) is 0 Å². The lowest BCUT2D eigenvalue weighted by atomic mass is 10.2. The lowest BCUT2D eigenvalue weighted by Gasteiger charge is -2.08. The fourth-order valence-electron chi connectivity index (χ4n) is 1.25. The molecule has 2 rings (SSSR count). The van der Waals surface area contributed by atoms with E-state index >= 15 is 0 Å². The van der Waals surface area contributed by atoms with Crippen LogP contribution in [0.2, 0.25) is 10.0 Å². The number of nitrogens with zero attached hydrogens (tertiary/aromatic N) is 3. The van der Waals surface area contributed by atoms with Crippen LogP contribution in [0.25, 0.3) is 11.5 Å². The maximum Gasteiger partial charge on any atom is 0.246 e. The molecule has 0 saturated heterocycles. The van der Waals surface area contributed by atoms with Gasteiger partial charge in [-0.25, -0.2) is 4.98 Å². The summed E-state index contributed by atoms with van der Waals surface area (Å²) in [7, 11) is 0. The molecule has 3 N–H and O–H groups in total. The largest absolute Gasteiger partial charge is 0.391 e. The maximum absolute atomic E-state index is 9.33. The number of aliphatic hydroxyl groups is 1. The molecule has 0 radical (unpaired) electrons. The molecule has 0 aromatic carbocycles. The molecule has 2 atom stereocenters. The topological polar surface area (TPSA) is 98.1 Å². The summed E-state index contributed by atoms with van der Waals surface area (Å²) in [6.07, 6.45) is 0.625. The Hall–Kier alpha value is -1.21. The van der Waals surface area contributed by atoms with Crippen LogP contribution < -0.4 is 5.73 Å². The van der Waals surface area contributed by atoms with Gasteiger partial charge in [-0.05, 0) is 13.0 Å². The highest BCUT2D eigenvalue weighted by atomic mass is 35.5. The normalized spacial score (nSPS) is 14.5. The third kappa shape index (κ3) is 2.62. The second-order valence-corrected chi connectivity index (χ2v) is 4.55. The van der Waals surface area contributed by atoms with Gasteiger partial charge in [0.05, 0.1) is 16.1 Å². The fourth-order valence-corrected chi connectivity index (χ4v) is 1.72. The van der Waals surface area contributed by atoms with E-state index in [-0.39, 0.29) is 11.7 Å². The zero-order valence-corrected chi connectivity index (χ0v) is 10.9. The van der Waals surface area contributed by atoms with E-state index in [0.717, 1.165) is 0 Å². The summed E-state index contributed by atoms with van der Waals surface area (Å²) in [6.45, 7) is 1.53. The van der Waals surface area contributed by atoms with Gasteiger partial charge in [0.2, 0.25) is 11.7 Å². The van der Waals surface area contributed by atoms with Gasteiger partial charge in [0.15, 0.2) is 0 Å². The van der Waals surface area contributed by atoms with Gasteiger partial charge in [0, 0.05) is 6.20 Å². The zero-order chi connectivity index (χ0) is 13.3. The number of halogens is 2. The van der Waals surface area contributed by atoms with Crippen LogP contribution in [0.4, 0.5) is 0 Å². The molecule has 0 amide bonds. The molecule has 0 fully saturated rings. The van der Waals surface area contributed by atoms with E-state index in [4.69, 9.17) is 33.5 Å². The fraction of sp³-hybridized carbons (Fsp3) is 0.300. The molecule has 18 heavy (non-hydrogen) atoms. The van der Waals surface area contributed by atoms with Gasteiger partial charge in [-0.15, -0.1) is 0 Å². The van der Waals surface area contributed by atoms with E-state index in [1.807, 2.05) is 0 Å². The molecule has 2 aromatic heterocycles. The van der Waals surface area contributed by atoms with Crippen LogP contribution in [0.15, 0.2) is 16.8 Å². The van der Waals surface area contributed by atoms with Crippen molar-refractivity contribution in [3.63, 3.8) is 0 Å². The smallest absolute Gasteiger partial charge is 0.246 e. The highest BCUT2D eigenvalue weighted by Gasteiger charge is 2.21. The number of aromatic nitrogens is 3. The van der Waals surface area contributed by atoms with Crippen molar-refractivity contribution in [3.05, 3.63) is 28.2 Å². The molecular weight excluding hydrogens is 279 g/mol. The number of rotatable bonds is 3. The third-order valence-corrected chi connectivity index (χ3v) is 2.76. The Bertz CT molecular complexity index is 559. The predicted octanol–water partition coefficient (Wildman–Crippen LogP) is 1.82. The van der Waals surface area contributed by atoms with Gasteiger partial charge in [0.25, 0.3) is 0 Å². The molecular formula is C10H10Cl2N4O2. The zero-order valence-electron chi connectivity index (χ0n) is 9.34. The minimum absolute atomic E-state index is 0.118. The van der Waals surface area contributed by atoms with Crippen LogP contribution in [-0.4, -0.2) is 26.3 Å². The number of nitrogens with two attached hydrogens (primary N) is 1. The van der Waals surface area contributed by atoms with Crippen molar-refractivity contribution < 1.29 is 9.63 Å². The number of hydrogen-bond donors (Lipinski definition) is 2. The maximum atomic E-state index is 9.33. The number of pyridine rings is 1. The summed E-state index contributed by atoms with van der Waals surface area (Å²) in [5, 5.41) is 13.8. The van der Waals surface area contributed by atoms with Gasteiger partial charge < -0.3 is 15.4 Å². The standard InChI is InChI=1S/C10H10Cl2N4O2/c1-4(17)7(13)10-15-9(16-18-10)8-6(12)2-5(11)3-14-8/h2-4,7,17H,13H2,1H3/t4-,7+/m1/s1. The van der Waals surface area contributed by atoms with Crippen LogP contribution in [0.5, 0.6) is 0 Å². The molecule has 0 aliphatic rings. The number of hydrogen-bond acceptors (Lipinski definition) is 6. The van der Waals surface area contributed by atoms with E-state index < -0.39 is 12.1 Å². The molecule has 6 nitrogen and oxygen atoms in total. The first-order valence-corrected chi connectivity index (χ1v) is 5.83. The van der Waals surface area contributed by atoms with Crippen molar-refractivity contribution in [1.29, 1.82) is 0 Å². The first-order valence-electron chi connectivity index (χ1n) is 5.07. The highest BCUT2D eigenvalue weighted by molar-refractivity contribution is 6.35. The van der Waals surface area contributed by atoms with Gasteiger partial charge >= 0.3 is 0 Å². The lowest BCUT2D eigenvalue weighted by Crippen LogP contribution is -2.23. The number of aliphatic hydroxyl groups excluding tert-OH is 1. The minimum atomic E-state index is -0.799. The Labute approximate surface area is 113 Å². The van der Waals surface area contributed by atoms with Crippen LogP contribution in [0, 0.1) is 0 Å². The molecule has 0 bridgehead atoms. The highest BCUT2D eigenvalue weighted by Crippen LogP contribution is 2.26. The van der Waals surface area contributed by atoms with Gasteiger partial charge in [-0.1, -0.05) is 28.4 Å². The van der Waals surface area contributed by atoms with E-state index in [1.165, 1.54) is 19.2 Å². The summed E-state index contributed by atoms with van der Waals surface area (Å²) in [4.78, 5) is 8.05. The summed E-state index contributed by atoms with van der Waals surface area (Å²) in [5.41, 5.74) is 6.01. The van der Waals surface area contributed by atoms with Crippen molar-refractivity contribution in [2.75, 3.05) is 0 Å². The van der Waals surface area contributed by atoms with Crippen molar-refractivity contribution in [3.8, 4) is 11.5 Å². The van der Waals surface area contributed by atoms with E-state index in [9.17, 15) is 5.11 Å². The summed E-state index contributed by atoms with van der Waals surface area (Å²) in [6, 6.07) is 0.771. The third-order valence-electron chi connectivity index (χ3n) is 2.27. The monoisotopic (exact) mass is 288 g/mol. The Morgan fingerprint density at radius 3 is 2.78 bits per heavy atom. The minimum Gasteiger partial charge on any atom is -0.391 e. The van der Waals surface area contributed by atoms with Crippen LogP contribution in [0.1, 0.15) is 18.9 Å². The Morgan fingerprint density at radius 2 is 2.17 bits per heavy atom. The SMILES string of the molecule is C[C@@H](O)[C@H](N)c1nc(-c2ncc(Cl)cc2Cl)no1. The molecule has 0 aliphatic carbocycles. The van der Waals surface area contributed by atoms with E-state index in [2.05, 4.69) is 15.1 Å². The summed E-state index contributed by atoms with van der Waals surface area (Å²) < 4.78 is 4.95. The van der Waals surface area contributed by atoms with Crippen molar-refractivity contribution in [2.24, 2.45) is 5.73 Å². The first-order chi connectivity index (χ1) is 8.49. The average molecular weight is 289 g/mol. The Kier molecular flexibility index (Phi) is 3.82. The average Bonchev–Trinajstić information content (AvgIpc) is 2.77. The first kappa shape index (κ1) is 13.2. The molecule has 0 aliphatic heterocycles. The molecule has 96 valence electrons. The molecule has 8 heteroatoms.